The summed E-state index contributed by atoms with van der Waals surface area (Å²) < 4.78 is 10.6. The van der Waals surface area contributed by atoms with Crippen LogP contribution < -0.4 is 25.0 Å². The average molecular weight is 386 g/mol. The largest absolute Gasteiger partial charge is 0.493 e. The number of ether oxygens (including phenoxy) is 2. The summed E-state index contributed by atoms with van der Waals surface area (Å²) in [5.74, 6) is 1.37. The molecule has 0 fully saturated rings. The maximum atomic E-state index is 5.40. The fourth-order valence-corrected chi connectivity index (χ4v) is 3.73. The summed E-state index contributed by atoms with van der Waals surface area (Å²) in [5.41, 5.74) is 3.69. The molecule has 6 heteroatoms. The molecule has 0 aromatic heterocycles. The lowest BCUT2D eigenvalue weighted by atomic mass is 10.1. The SMILES string of the molecule is COc1ccc(NC(=S)NCCCN2c3ccccc3C[C@H]2C)cc1OC. The summed E-state index contributed by atoms with van der Waals surface area (Å²) in [6.45, 7) is 4.13. The van der Waals surface area contributed by atoms with E-state index in [-0.39, 0.29) is 0 Å². The molecule has 0 unspecified atom stereocenters. The van der Waals surface area contributed by atoms with Gasteiger partial charge in [0, 0.05) is 36.6 Å². The Kier molecular flexibility index (Phi) is 6.40. The molecule has 0 saturated carbocycles. The van der Waals surface area contributed by atoms with E-state index >= 15 is 0 Å². The van der Waals surface area contributed by atoms with Crippen LogP contribution in [0, 0.1) is 0 Å². The number of rotatable bonds is 7. The number of nitrogens with zero attached hydrogens (tertiary/aromatic N) is 1. The Morgan fingerprint density at radius 3 is 2.70 bits per heavy atom. The van der Waals surface area contributed by atoms with Gasteiger partial charge in [-0.05, 0) is 55.7 Å². The second kappa shape index (κ2) is 8.95. The molecule has 3 rings (SSSR count). The van der Waals surface area contributed by atoms with Gasteiger partial charge in [0.15, 0.2) is 16.6 Å². The van der Waals surface area contributed by atoms with Gasteiger partial charge in [-0.3, -0.25) is 0 Å². The quantitative estimate of drug-likeness (QED) is 0.558. The van der Waals surface area contributed by atoms with Crippen molar-refractivity contribution in [3.05, 3.63) is 48.0 Å². The number of fused-ring (bicyclic) bond motifs is 1. The Labute approximate surface area is 166 Å². The van der Waals surface area contributed by atoms with Crippen LogP contribution in [0.25, 0.3) is 0 Å². The van der Waals surface area contributed by atoms with Crippen molar-refractivity contribution in [2.45, 2.75) is 25.8 Å². The first kappa shape index (κ1) is 19.3. The van der Waals surface area contributed by atoms with Crippen LogP contribution in [0.4, 0.5) is 11.4 Å². The zero-order chi connectivity index (χ0) is 19.2. The molecule has 1 heterocycles. The molecular formula is C21H27N3O2S. The van der Waals surface area contributed by atoms with E-state index < -0.39 is 0 Å². The zero-order valence-electron chi connectivity index (χ0n) is 16.1. The van der Waals surface area contributed by atoms with Crippen LogP contribution in [0.3, 0.4) is 0 Å². The fourth-order valence-electron chi connectivity index (χ4n) is 3.51. The van der Waals surface area contributed by atoms with Gasteiger partial charge in [0.2, 0.25) is 0 Å². The van der Waals surface area contributed by atoms with Crippen LogP contribution in [-0.4, -0.2) is 38.5 Å². The normalized spacial score (nSPS) is 15.2. The van der Waals surface area contributed by atoms with Gasteiger partial charge in [0.25, 0.3) is 0 Å². The molecule has 0 saturated heterocycles. The average Bonchev–Trinajstić information content (AvgIpc) is 3.00. The Hall–Kier alpha value is -2.47. The molecule has 2 N–H and O–H groups in total. The third-order valence-electron chi connectivity index (χ3n) is 4.85. The van der Waals surface area contributed by atoms with Crippen molar-refractivity contribution in [2.75, 3.05) is 37.5 Å². The lowest BCUT2D eigenvalue weighted by Gasteiger charge is -2.25. The van der Waals surface area contributed by atoms with E-state index in [1.807, 2.05) is 18.2 Å². The number of benzene rings is 2. The van der Waals surface area contributed by atoms with Crippen LogP contribution >= 0.6 is 12.2 Å². The number of methoxy groups -OCH3 is 2. The Bertz CT molecular complexity index is 797. The zero-order valence-corrected chi connectivity index (χ0v) is 16.9. The third kappa shape index (κ3) is 4.63. The predicted molar refractivity (Wildman–Crippen MR) is 115 cm³/mol. The van der Waals surface area contributed by atoms with E-state index in [0.29, 0.717) is 22.7 Å². The standard InChI is InChI=1S/C21H27N3O2S/c1-15-13-16-7-4-5-8-18(16)24(15)12-6-11-22-21(27)23-17-9-10-19(25-2)20(14-17)26-3/h4-5,7-10,14-15H,6,11-13H2,1-3H3,(H2,22,23,27)/t15-/m1/s1. The first-order chi connectivity index (χ1) is 13.1. The predicted octanol–water partition coefficient (Wildman–Crippen LogP) is 3.83. The van der Waals surface area contributed by atoms with Gasteiger partial charge in [0.1, 0.15) is 0 Å². The minimum atomic E-state index is 0.555. The van der Waals surface area contributed by atoms with Crippen molar-refractivity contribution >= 4 is 28.7 Å². The highest BCUT2D eigenvalue weighted by molar-refractivity contribution is 7.80. The van der Waals surface area contributed by atoms with Crippen molar-refractivity contribution in [1.82, 2.24) is 5.32 Å². The van der Waals surface area contributed by atoms with Gasteiger partial charge < -0.3 is 25.0 Å². The highest BCUT2D eigenvalue weighted by atomic mass is 32.1. The van der Waals surface area contributed by atoms with E-state index in [9.17, 15) is 0 Å². The van der Waals surface area contributed by atoms with Gasteiger partial charge in [-0.15, -0.1) is 0 Å². The molecule has 0 amide bonds. The van der Waals surface area contributed by atoms with E-state index in [1.165, 1.54) is 11.3 Å². The Morgan fingerprint density at radius 1 is 1.15 bits per heavy atom. The van der Waals surface area contributed by atoms with E-state index in [0.717, 1.165) is 31.6 Å². The number of para-hydroxylation sites is 1. The second-order valence-corrected chi connectivity index (χ2v) is 7.09. The van der Waals surface area contributed by atoms with Crippen molar-refractivity contribution in [1.29, 1.82) is 0 Å². The number of anilines is 2. The molecule has 1 aliphatic rings. The minimum absolute atomic E-state index is 0.555. The molecule has 0 spiro atoms. The maximum Gasteiger partial charge on any atom is 0.170 e. The third-order valence-corrected chi connectivity index (χ3v) is 5.10. The Balaban J connectivity index is 1.45. The second-order valence-electron chi connectivity index (χ2n) is 6.68. The smallest absolute Gasteiger partial charge is 0.170 e. The van der Waals surface area contributed by atoms with Gasteiger partial charge in [-0.25, -0.2) is 0 Å². The molecule has 0 bridgehead atoms. The first-order valence-corrected chi connectivity index (χ1v) is 9.64. The lowest BCUT2D eigenvalue weighted by molar-refractivity contribution is 0.355. The number of thiocarbonyl (C=S) groups is 1. The van der Waals surface area contributed by atoms with Gasteiger partial charge in [0.05, 0.1) is 14.2 Å². The summed E-state index contributed by atoms with van der Waals surface area (Å²) in [6, 6.07) is 14.9. The number of hydrogen-bond acceptors (Lipinski definition) is 4. The van der Waals surface area contributed by atoms with Crippen LogP contribution in [0.2, 0.25) is 0 Å². The lowest BCUT2D eigenvalue weighted by Crippen LogP contribution is -2.34. The molecular weight excluding hydrogens is 358 g/mol. The summed E-state index contributed by atoms with van der Waals surface area (Å²) >= 11 is 5.40. The molecule has 2 aromatic rings. The number of nitrogens with one attached hydrogen (secondary N) is 2. The van der Waals surface area contributed by atoms with Gasteiger partial charge in [-0.2, -0.15) is 0 Å². The van der Waals surface area contributed by atoms with E-state index in [4.69, 9.17) is 21.7 Å². The van der Waals surface area contributed by atoms with Crippen LogP contribution in [-0.2, 0) is 6.42 Å². The highest BCUT2D eigenvalue weighted by Gasteiger charge is 2.24. The van der Waals surface area contributed by atoms with Crippen molar-refractivity contribution in [2.24, 2.45) is 0 Å². The molecule has 1 atom stereocenters. The summed E-state index contributed by atoms with van der Waals surface area (Å²) in [6.07, 6.45) is 2.15. The van der Waals surface area contributed by atoms with Gasteiger partial charge >= 0.3 is 0 Å². The summed E-state index contributed by atoms with van der Waals surface area (Å²) in [5, 5.41) is 7.08. The van der Waals surface area contributed by atoms with Gasteiger partial charge in [-0.1, -0.05) is 18.2 Å². The number of hydrogen-bond donors (Lipinski definition) is 2. The highest BCUT2D eigenvalue weighted by Crippen LogP contribution is 2.31. The maximum absolute atomic E-state index is 5.40. The van der Waals surface area contributed by atoms with E-state index in [2.05, 4.69) is 46.7 Å². The van der Waals surface area contributed by atoms with Crippen molar-refractivity contribution in [3.8, 4) is 11.5 Å². The molecule has 27 heavy (non-hydrogen) atoms. The van der Waals surface area contributed by atoms with Crippen LogP contribution in [0.1, 0.15) is 18.9 Å². The van der Waals surface area contributed by atoms with Crippen molar-refractivity contribution in [3.63, 3.8) is 0 Å². The topological polar surface area (TPSA) is 45.8 Å². The Morgan fingerprint density at radius 2 is 1.93 bits per heavy atom. The first-order valence-electron chi connectivity index (χ1n) is 9.23. The molecule has 2 aromatic carbocycles. The van der Waals surface area contributed by atoms with E-state index in [1.54, 1.807) is 14.2 Å². The summed E-state index contributed by atoms with van der Waals surface area (Å²) in [4.78, 5) is 2.49. The molecule has 144 valence electrons. The monoisotopic (exact) mass is 385 g/mol. The van der Waals surface area contributed by atoms with Crippen LogP contribution in [0.15, 0.2) is 42.5 Å². The fraction of sp³-hybridized carbons (Fsp3) is 0.381. The molecule has 0 radical (unpaired) electrons. The van der Waals surface area contributed by atoms with Crippen LogP contribution in [0.5, 0.6) is 11.5 Å². The van der Waals surface area contributed by atoms with Crippen molar-refractivity contribution < 1.29 is 9.47 Å². The molecule has 0 aliphatic carbocycles. The molecule has 5 nitrogen and oxygen atoms in total. The summed E-state index contributed by atoms with van der Waals surface area (Å²) in [7, 11) is 3.24. The minimum Gasteiger partial charge on any atom is -0.493 e. The molecule has 1 aliphatic heterocycles.